The second-order valence-electron chi connectivity index (χ2n) is 8.03. The number of amides is 2. The molecule has 3 N–H and O–H groups in total. The number of para-hydroxylation sites is 1. The number of aromatic nitrogens is 2. The Morgan fingerprint density at radius 1 is 1.21 bits per heavy atom. The maximum Gasteiger partial charge on any atom is 0.435 e. The molecule has 0 fully saturated rings. The van der Waals surface area contributed by atoms with Crippen molar-refractivity contribution < 1.29 is 27.5 Å². The van der Waals surface area contributed by atoms with Crippen LogP contribution in [0, 0.1) is 0 Å². The standard InChI is InChI=1S/C21H20ClF3N4O3S/c1-20(2,3)15-8-12(18(33-15)19(26)31)27-16(30)10-32-17-9-14(21(23,24)25)28-29(17)13-7-5-4-6-11(13)22/h4-9H,10H2,1-3H3,(H2,26,31)(H,27,30). The van der Waals surface area contributed by atoms with Gasteiger partial charge in [0, 0.05) is 10.9 Å². The van der Waals surface area contributed by atoms with Crippen LogP contribution in [0.15, 0.2) is 36.4 Å². The molecule has 0 unspecified atom stereocenters. The molecule has 2 amide bonds. The summed E-state index contributed by atoms with van der Waals surface area (Å²) in [4.78, 5) is 25.2. The molecule has 0 radical (unpaired) electrons. The Morgan fingerprint density at radius 2 is 1.88 bits per heavy atom. The number of nitrogens with zero attached hydrogens (tertiary/aromatic N) is 2. The molecule has 33 heavy (non-hydrogen) atoms. The molecule has 2 aromatic heterocycles. The highest BCUT2D eigenvalue weighted by molar-refractivity contribution is 7.14. The molecule has 0 aliphatic carbocycles. The summed E-state index contributed by atoms with van der Waals surface area (Å²) >= 11 is 7.25. The summed E-state index contributed by atoms with van der Waals surface area (Å²) in [5, 5.41) is 6.20. The number of ether oxygens (including phenoxy) is 1. The smallest absolute Gasteiger partial charge is 0.435 e. The fourth-order valence-corrected chi connectivity index (χ4v) is 4.00. The first kappa shape index (κ1) is 24.6. The van der Waals surface area contributed by atoms with E-state index in [9.17, 15) is 22.8 Å². The quantitative estimate of drug-likeness (QED) is 0.496. The Bertz CT molecular complexity index is 1200. The van der Waals surface area contributed by atoms with Gasteiger partial charge in [-0.05, 0) is 23.6 Å². The van der Waals surface area contributed by atoms with Crippen molar-refractivity contribution in [1.82, 2.24) is 9.78 Å². The van der Waals surface area contributed by atoms with Crippen LogP contribution in [0.3, 0.4) is 0 Å². The summed E-state index contributed by atoms with van der Waals surface area (Å²) in [6.07, 6.45) is -4.73. The maximum atomic E-state index is 13.2. The van der Waals surface area contributed by atoms with Gasteiger partial charge in [0.05, 0.1) is 16.4 Å². The average molecular weight is 501 g/mol. The lowest BCUT2D eigenvalue weighted by Gasteiger charge is -2.15. The van der Waals surface area contributed by atoms with Gasteiger partial charge in [0.2, 0.25) is 5.88 Å². The number of alkyl halides is 3. The minimum Gasteiger partial charge on any atom is -0.467 e. The van der Waals surface area contributed by atoms with Crippen molar-refractivity contribution in [2.75, 3.05) is 11.9 Å². The van der Waals surface area contributed by atoms with Gasteiger partial charge in [-0.15, -0.1) is 11.3 Å². The van der Waals surface area contributed by atoms with Crippen LogP contribution in [0.1, 0.15) is 41.0 Å². The number of hydrogen-bond acceptors (Lipinski definition) is 5. The molecular formula is C21H20ClF3N4O3S. The Balaban J connectivity index is 1.84. The van der Waals surface area contributed by atoms with Crippen LogP contribution in [0.2, 0.25) is 5.02 Å². The van der Waals surface area contributed by atoms with Gasteiger partial charge < -0.3 is 15.8 Å². The third kappa shape index (κ3) is 5.66. The second kappa shape index (κ2) is 9.06. The van der Waals surface area contributed by atoms with Crippen molar-refractivity contribution in [3.63, 3.8) is 0 Å². The lowest BCUT2D eigenvalue weighted by atomic mass is 9.94. The summed E-state index contributed by atoms with van der Waals surface area (Å²) in [5.41, 5.74) is 4.27. The fraction of sp³-hybridized carbons (Fsp3) is 0.286. The molecule has 3 rings (SSSR count). The highest BCUT2D eigenvalue weighted by atomic mass is 35.5. The maximum absolute atomic E-state index is 13.2. The number of carbonyl (C=O) groups is 2. The molecule has 0 saturated carbocycles. The molecule has 0 spiro atoms. The number of carbonyl (C=O) groups excluding carboxylic acids is 2. The lowest BCUT2D eigenvalue weighted by molar-refractivity contribution is -0.141. The predicted molar refractivity (Wildman–Crippen MR) is 119 cm³/mol. The number of nitrogens with one attached hydrogen (secondary N) is 1. The highest BCUT2D eigenvalue weighted by Gasteiger charge is 2.36. The van der Waals surface area contributed by atoms with Gasteiger partial charge in [0.1, 0.15) is 4.88 Å². The largest absolute Gasteiger partial charge is 0.467 e. The van der Waals surface area contributed by atoms with Gasteiger partial charge in [-0.25, -0.2) is 0 Å². The summed E-state index contributed by atoms with van der Waals surface area (Å²) in [5.74, 6) is -1.74. The number of rotatable bonds is 6. The van der Waals surface area contributed by atoms with Crippen LogP contribution in [0.25, 0.3) is 5.69 Å². The molecule has 0 aliphatic rings. The average Bonchev–Trinajstić information content (AvgIpc) is 3.31. The van der Waals surface area contributed by atoms with E-state index in [1.54, 1.807) is 18.2 Å². The van der Waals surface area contributed by atoms with Crippen molar-refractivity contribution in [2.24, 2.45) is 5.73 Å². The Hall–Kier alpha value is -3.05. The van der Waals surface area contributed by atoms with E-state index in [2.05, 4.69) is 10.4 Å². The molecule has 0 atom stereocenters. The lowest BCUT2D eigenvalue weighted by Crippen LogP contribution is -2.22. The molecule has 0 bridgehead atoms. The van der Waals surface area contributed by atoms with Crippen LogP contribution < -0.4 is 15.8 Å². The van der Waals surface area contributed by atoms with E-state index in [-0.39, 0.29) is 32.6 Å². The zero-order chi connectivity index (χ0) is 24.6. The number of benzene rings is 1. The van der Waals surface area contributed by atoms with Crippen molar-refractivity contribution in [2.45, 2.75) is 32.4 Å². The number of thiophene rings is 1. The molecule has 176 valence electrons. The molecule has 1 aromatic carbocycles. The van der Waals surface area contributed by atoms with Gasteiger partial charge in [-0.2, -0.15) is 23.0 Å². The Morgan fingerprint density at radius 3 is 2.45 bits per heavy atom. The molecule has 12 heteroatoms. The van der Waals surface area contributed by atoms with E-state index in [0.717, 1.165) is 20.9 Å². The normalized spacial score (nSPS) is 12.0. The van der Waals surface area contributed by atoms with E-state index < -0.39 is 30.3 Å². The fourth-order valence-electron chi connectivity index (χ4n) is 2.76. The first-order valence-corrected chi connectivity index (χ1v) is 10.8. The zero-order valence-electron chi connectivity index (χ0n) is 17.8. The van der Waals surface area contributed by atoms with Gasteiger partial charge in [-0.1, -0.05) is 44.5 Å². The Kier molecular flexibility index (Phi) is 6.75. The van der Waals surface area contributed by atoms with Crippen LogP contribution in [0.5, 0.6) is 5.88 Å². The SMILES string of the molecule is CC(C)(C)c1cc(NC(=O)COc2cc(C(F)(F)F)nn2-c2ccccc2Cl)c(C(N)=O)s1. The van der Waals surface area contributed by atoms with Crippen molar-refractivity contribution in [3.8, 4) is 11.6 Å². The van der Waals surface area contributed by atoms with Crippen LogP contribution in [0.4, 0.5) is 18.9 Å². The molecule has 0 aliphatic heterocycles. The minimum absolute atomic E-state index is 0.141. The van der Waals surface area contributed by atoms with Gasteiger partial charge in [0.25, 0.3) is 11.8 Å². The molecule has 0 saturated heterocycles. The molecule has 3 aromatic rings. The third-order valence-electron chi connectivity index (χ3n) is 4.37. The number of anilines is 1. The molecule has 7 nitrogen and oxygen atoms in total. The summed E-state index contributed by atoms with van der Waals surface area (Å²) in [6.45, 7) is 5.16. The molecular weight excluding hydrogens is 481 g/mol. The van der Waals surface area contributed by atoms with E-state index in [1.165, 1.54) is 12.1 Å². The van der Waals surface area contributed by atoms with Crippen LogP contribution in [-0.2, 0) is 16.4 Å². The number of primary amides is 1. The number of halogens is 4. The van der Waals surface area contributed by atoms with Crippen molar-refractivity contribution >= 4 is 40.4 Å². The summed E-state index contributed by atoms with van der Waals surface area (Å²) < 4.78 is 45.9. The van der Waals surface area contributed by atoms with Crippen molar-refractivity contribution in [1.29, 1.82) is 0 Å². The van der Waals surface area contributed by atoms with Crippen LogP contribution in [-0.4, -0.2) is 28.2 Å². The van der Waals surface area contributed by atoms with E-state index in [0.29, 0.717) is 6.07 Å². The number of nitrogens with two attached hydrogens (primary N) is 1. The predicted octanol–water partition coefficient (Wildman–Crippen LogP) is 5.02. The monoisotopic (exact) mass is 500 g/mol. The summed E-state index contributed by atoms with van der Waals surface area (Å²) in [7, 11) is 0. The first-order valence-electron chi connectivity index (χ1n) is 9.56. The van der Waals surface area contributed by atoms with E-state index in [4.69, 9.17) is 22.1 Å². The third-order valence-corrected chi connectivity index (χ3v) is 6.26. The zero-order valence-corrected chi connectivity index (χ0v) is 19.4. The molecule has 2 heterocycles. The number of hydrogen-bond donors (Lipinski definition) is 2. The van der Waals surface area contributed by atoms with Gasteiger partial charge in [-0.3, -0.25) is 9.59 Å². The van der Waals surface area contributed by atoms with Gasteiger partial charge in [0.15, 0.2) is 12.3 Å². The Labute approximate surface area is 196 Å². The minimum atomic E-state index is -4.73. The summed E-state index contributed by atoms with van der Waals surface area (Å²) in [6, 6.07) is 8.43. The highest BCUT2D eigenvalue weighted by Crippen LogP contribution is 2.36. The second-order valence-corrected chi connectivity index (χ2v) is 9.49. The first-order chi connectivity index (χ1) is 15.3. The topological polar surface area (TPSA) is 99.2 Å². The van der Waals surface area contributed by atoms with E-state index in [1.807, 2.05) is 20.8 Å². The van der Waals surface area contributed by atoms with Crippen molar-refractivity contribution in [3.05, 3.63) is 56.9 Å². The van der Waals surface area contributed by atoms with Crippen LogP contribution >= 0.6 is 22.9 Å². The van der Waals surface area contributed by atoms with Gasteiger partial charge >= 0.3 is 6.18 Å². The van der Waals surface area contributed by atoms with E-state index >= 15 is 0 Å².